The zero-order chi connectivity index (χ0) is 15.0. The molecule has 0 fully saturated rings. The highest BCUT2D eigenvalue weighted by Gasteiger charge is 2.08. The molecule has 0 aliphatic carbocycles. The first-order valence-corrected chi connectivity index (χ1v) is 8.12. The summed E-state index contributed by atoms with van der Waals surface area (Å²) >= 11 is 3.46. The summed E-state index contributed by atoms with van der Waals surface area (Å²) in [7, 11) is 0. The normalized spacial score (nSPS) is 10.6. The van der Waals surface area contributed by atoms with Gasteiger partial charge in [0.25, 0.3) is 0 Å². The van der Waals surface area contributed by atoms with Crippen molar-refractivity contribution in [2.45, 2.75) is 27.2 Å². The predicted molar refractivity (Wildman–Crippen MR) is 89.1 cm³/mol. The van der Waals surface area contributed by atoms with E-state index < -0.39 is 0 Å². The van der Waals surface area contributed by atoms with Crippen molar-refractivity contribution in [3.63, 3.8) is 0 Å². The van der Waals surface area contributed by atoms with Gasteiger partial charge in [0.1, 0.15) is 6.07 Å². The smallest absolute Gasteiger partial charge is 0.100 e. The van der Waals surface area contributed by atoms with E-state index >= 15 is 0 Å². The largest absolute Gasteiger partial charge is 0.372 e. The first-order chi connectivity index (χ1) is 9.65. The number of benzene rings is 1. The van der Waals surface area contributed by atoms with E-state index in [0.717, 1.165) is 43.6 Å². The number of anilines is 1. The van der Waals surface area contributed by atoms with Gasteiger partial charge in [0, 0.05) is 23.2 Å². The van der Waals surface area contributed by atoms with Crippen LogP contribution in [0.15, 0.2) is 22.7 Å². The van der Waals surface area contributed by atoms with E-state index in [1.54, 1.807) is 0 Å². The summed E-state index contributed by atoms with van der Waals surface area (Å²) in [6, 6.07) is 8.14. The van der Waals surface area contributed by atoms with Gasteiger partial charge in [-0.1, -0.05) is 13.8 Å². The molecule has 0 bridgehead atoms. The third-order valence-electron chi connectivity index (χ3n) is 3.62. The van der Waals surface area contributed by atoms with Crippen molar-refractivity contribution < 1.29 is 0 Å². The molecule has 4 heteroatoms. The second-order valence-electron chi connectivity index (χ2n) is 4.74. The molecule has 1 aromatic carbocycles. The molecule has 0 saturated carbocycles. The fourth-order valence-corrected chi connectivity index (χ4v) is 2.74. The Morgan fingerprint density at radius 1 is 1.10 bits per heavy atom. The molecular weight excluding hydrogens is 314 g/mol. The average Bonchev–Trinajstić information content (AvgIpc) is 2.47. The minimum absolute atomic E-state index is 0.688. The van der Waals surface area contributed by atoms with Crippen LogP contribution in [0.2, 0.25) is 0 Å². The Bertz CT molecular complexity index is 450. The Labute approximate surface area is 131 Å². The van der Waals surface area contributed by atoms with Crippen LogP contribution in [0, 0.1) is 11.3 Å². The van der Waals surface area contributed by atoms with E-state index in [1.807, 2.05) is 18.2 Å². The van der Waals surface area contributed by atoms with Crippen LogP contribution in [0.4, 0.5) is 5.69 Å². The Morgan fingerprint density at radius 2 is 1.80 bits per heavy atom. The summed E-state index contributed by atoms with van der Waals surface area (Å²) in [6.45, 7) is 12.0. The summed E-state index contributed by atoms with van der Waals surface area (Å²) < 4.78 is 0.875. The number of hydrogen-bond acceptors (Lipinski definition) is 3. The lowest BCUT2D eigenvalue weighted by atomic mass is 10.2. The monoisotopic (exact) mass is 337 g/mol. The van der Waals surface area contributed by atoms with Crippen LogP contribution in [-0.4, -0.2) is 37.6 Å². The van der Waals surface area contributed by atoms with Crippen LogP contribution < -0.4 is 4.90 Å². The van der Waals surface area contributed by atoms with Gasteiger partial charge in [0.05, 0.1) is 5.56 Å². The van der Waals surface area contributed by atoms with Crippen molar-refractivity contribution in [1.82, 2.24) is 4.90 Å². The van der Waals surface area contributed by atoms with E-state index in [9.17, 15) is 0 Å². The summed E-state index contributed by atoms with van der Waals surface area (Å²) in [4.78, 5) is 4.80. The maximum absolute atomic E-state index is 8.96. The molecule has 1 rings (SSSR count). The third-order valence-corrected chi connectivity index (χ3v) is 4.27. The molecule has 0 aliphatic heterocycles. The van der Waals surface area contributed by atoms with Crippen molar-refractivity contribution in [1.29, 1.82) is 5.26 Å². The molecule has 0 N–H and O–H groups in total. The fraction of sp³-hybridized carbons (Fsp3) is 0.562. The summed E-state index contributed by atoms with van der Waals surface area (Å²) in [6.07, 6.45) is 1.16. The maximum atomic E-state index is 8.96. The molecule has 0 atom stereocenters. The highest BCUT2D eigenvalue weighted by molar-refractivity contribution is 9.10. The van der Waals surface area contributed by atoms with Gasteiger partial charge in [-0.05, 0) is 67.1 Å². The minimum atomic E-state index is 0.688. The van der Waals surface area contributed by atoms with Crippen LogP contribution in [0.1, 0.15) is 32.8 Å². The van der Waals surface area contributed by atoms with Gasteiger partial charge in [0.2, 0.25) is 0 Å². The zero-order valence-corrected chi connectivity index (χ0v) is 14.3. The predicted octanol–water partition coefficient (Wildman–Crippen LogP) is 3.88. The molecule has 20 heavy (non-hydrogen) atoms. The van der Waals surface area contributed by atoms with Crippen LogP contribution in [0.5, 0.6) is 0 Å². The van der Waals surface area contributed by atoms with Gasteiger partial charge in [-0.25, -0.2) is 0 Å². The molecule has 3 nitrogen and oxygen atoms in total. The summed E-state index contributed by atoms with van der Waals surface area (Å²) in [5.41, 5.74) is 1.87. The Hall–Kier alpha value is -1.05. The molecular formula is C16H24BrN3. The number of nitrogens with zero attached hydrogens (tertiary/aromatic N) is 3. The lowest BCUT2D eigenvalue weighted by Crippen LogP contribution is -2.30. The third kappa shape index (κ3) is 4.81. The Kier molecular flexibility index (Phi) is 7.64. The molecule has 0 heterocycles. The van der Waals surface area contributed by atoms with E-state index in [2.05, 4.69) is 52.6 Å². The van der Waals surface area contributed by atoms with Crippen LogP contribution >= 0.6 is 15.9 Å². The van der Waals surface area contributed by atoms with E-state index in [-0.39, 0.29) is 0 Å². The molecule has 110 valence electrons. The lowest BCUT2D eigenvalue weighted by Gasteiger charge is -2.25. The topological polar surface area (TPSA) is 30.3 Å². The van der Waals surface area contributed by atoms with Gasteiger partial charge < -0.3 is 9.80 Å². The van der Waals surface area contributed by atoms with E-state index in [4.69, 9.17) is 5.26 Å². The van der Waals surface area contributed by atoms with Crippen molar-refractivity contribution in [3.8, 4) is 6.07 Å². The lowest BCUT2D eigenvalue weighted by molar-refractivity contribution is 0.301. The van der Waals surface area contributed by atoms with Gasteiger partial charge in [-0.15, -0.1) is 0 Å². The van der Waals surface area contributed by atoms with Crippen molar-refractivity contribution >= 4 is 21.6 Å². The Balaban J connectivity index is 2.62. The first kappa shape index (κ1) is 17.0. The standard InChI is InChI=1S/C16H24BrN3/c1-4-19(5-2)10-7-11-20(6-3)15-9-8-14(13-18)16(17)12-15/h8-9,12H,4-7,10-11H2,1-3H3. The van der Waals surface area contributed by atoms with Crippen molar-refractivity contribution in [2.75, 3.05) is 37.6 Å². The second-order valence-corrected chi connectivity index (χ2v) is 5.59. The minimum Gasteiger partial charge on any atom is -0.372 e. The van der Waals surface area contributed by atoms with Gasteiger partial charge in [-0.2, -0.15) is 5.26 Å². The SMILES string of the molecule is CCN(CC)CCCN(CC)c1ccc(C#N)c(Br)c1. The highest BCUT2D eigenvalue weighted by atomic mass is 79.9. The molecule has 0 aromatic heterocycles. The van der Waals surface area contributed by atoms with Crippen molar-refractivity contribution in [2.24, 2.45) is 0 Å². The first-order valence-electron chi connectivity index (χ1n) is 7.33. The van der Waals surface area contributed by atoms with E-state index in [1.165, 1.54) is 5.69 Å². The number of halogens is 1. The molecule has 0 radical (unpaired) electrons. The van der Waals surface area contributed by atoms with Crippen LogP contribution in [0.25, 0.3) is 0 Å². The van der Waals surface area contributed by atoms with Gasteiger partial charge in [0.15, 0.2) is 0 Å². The highest BCUT2D eigenvalue weighted by Crippen LogP contribution is 2.23. The number of nitriles is 1. The van der Waals surface area contributed by atoms with Gasteiger partial charge >= 0.3 is 0 Å². The zero-order valence-electron chi connectivity index (χ0n) is 12.7. The van der Waals surface area contributed by atoms with Crippen LogP contribution in [-0.2, 0) is 0 Å². The summed E-state index contributed by atoms with van der Waals surface area (Å²) in [5, 5.41) is 8.96. The molecule has 0 spiro atoms. The number of rotatable bonds is 8. The van der Waals surface area contributed by atoms with Gasteiger partial charge in [-0.3, -0.25) is 0 Å². The van der Waals surface area contributed by atoms with E-state index in [0.29, 0.717) is 5.56 Å². The maximum Gasteiger partial charge on any atom is 0.100 e. The van der Waals surface area contributed by atoms with Crippen molar-refractivity contribution in [3.05, 3.63) is 28.2 Å². The fourth-order valence-electron chi connectivity index (χ4n) is 2.29. The quantitative estimate of drug-likeness (QED) is 0.721. The molecule has 0 saturated heterocycles. The van der Waals surface area contributed by atoms with Crippen LogP contribution in [0.3, 0.4) is 0 Å². The molecule has 0 amide bonds. The average molecular weight is 338 g/mol. The molecule has 1 aromatic rings. The second kappa shape index (κ2) is 8.99. The number of hydrogen-bond donors (Lipinski definition) is 0. The summed E-state index contributed by atoms with van der Waals surface area (Å²) in [5.74, 6) is 0. The molecule has 0 aliphatic rings. The Morgan fingerprint density at radius 3 is 2.30 bits per heavy atom. The molecule has 0 unspecified atom stereocenters.